The maximum atomic E-state index is 11.8. The van der Waals surface area contributed by atoms with Crippen molar-refractivity contribution in [2.75, 3.05) is 5.32 Å². The lowest BCUT2D eigenvalue weighted by molar-refractivity contribution is 0.102. The summed E-state index contributed by atoms with van der Waals surface area (Å²) in [4.78, 5) is 38.1. The summed E-state index contributed by atoms with van der Waals surface area (Å²) in [5.74, 6) is -0.613. The lowest BCUT2D eigenvalue weighted by Crippen LogP contribution is -2.27. The number of benzene rings is 1. The quantitative estimate of drug-likeness (QED) is 0.612. The highest BCUT2D eigenvalue weighted by atomic mass is 16.3. The van der Waals surface area contributed by atoms with Gasteiger partial charge >= 0.3 is 5.69 Å². The lowest BCUT2D eigenvalue weighted by Gasteiger charge is -2.05. The third-order valence-electron chi connectivity index (χ3n) is 2.37. The first-order valence-corrected chi connectivity index (χ1v) is 5.43. The second kappa shape index (κ2) is 5.32. The van der Waals surface area contributed by atoms with E-state index >= 15 is 0 Å². The molecule has 1 aromatic carbocycles. The van der Waals surface area contributed by atoms with Gasteiger partial charge in [0.2, 0.25) is 0 Å². The van der Waals surface area contributed by atoms with Crippen molar-refractivity contribution in [2.45, 2.75) is 6.61 Å². The molecule has 0 radical (unpaired) electrons. The molecule has 0 saturated heterocycles. The first-order chi connectivity index (χ1) is 9.08. The Balaban J connectivity index is 2.25. The first kappa shape index (κ1) is 12.8. The molecule has 0 aliphatic carbocycles. The summed E-state index contributed by atoms with van der Waals surface area (Å²) in [6, 6.07) is 7.57. The minimum absolute atomic E-state index is 0.136. The van der Waals surface area contributed by atoms with Gasteiger partial charge in [-0.2, -0.15) is 0 Å². The number of nitrogens with one attached hydrogen (secondary N) is 3. The summed E-state index contributed by atoms with van der Waals surface area (Å²) in [5.41, 5.74) is -0.446. The number of amides is 1. The van der Waals surface area contributed by atoms with Gasteiger partial charge in [0.05, 0.1) is 6.61 Å². The normalized spacial score (nSPS) is 10.2. The van der Waals surface area contributed by atoms with Crippen LogP contribution in [0.1, 0.15) is 16.1 Å². The smallest absolute Gasteiger partial charge is 0.326 e. The first-order valence-electron chi connectivity index (χ1n) is 5.43. The molecule has 1 aromatic heterocycles. The van der Waals surface area contributed by atoms with Crippen LogP contribution in [-0.4, -0.2) is 21.0 Å². The number of hydrogen-bond donors (Lipinski definition) is 4. The van der Waals surface area contributed by atoms with Crippen molar-refractivity contribution in [3.8, 4) is 0 Å². The second-order valence-electron chi connectivity index (χ2n) is 3.81. The number of aromatic nitrogens is 2. The van der Waals surface area contributed by atoms with Gasteiger partial charge in [-0.05, 0) is 17.7 Å². The third kappa shape index (κ3) is 3.17. The van der Waals surface area contributed by atoms with Crippen LogP contribution in [0.4, 0.5) is 5.69 Å². The summed E-state index contributed by atoms with van der Waals surface area (Å²) in [6.07, 6.45) is 0. The maximum absolute atomic E-state index is 11.8. The zero-order chi connectivity index (χ0) is 13.8. The highest BCUT2D eigenvalue weighted by molar-refractivity contribution is 6.02. The fourth-order valence-corrected chi connectivity index (χ4v) is 1.54. The standard InChI is InChI=1S/C12H11N3O4/c16-6-7-2-1-3-8(4-7)13-11(18)9-5-10(17)15-12(19)14-9/h1-5,16H,6H2,(H,13,18)(H2,14,15,17,19). The van der Waals surface area contributed by atoms with Gasteiger partial charge in [0.25, 0.3) is 11.5 Å². The molecule has 0 aliphatic heterocycles. The maximum Gasteiger partial charge on any atom is 0.326 e. The molecule has 98 valence electrons. The van der Waals surface area contributed by atoms with Crippen molar-refractivity contribution < 1.29 is 9.90 Å². The van der Waals surface area contributed by atoms with Crippen LogP contribution in [0, 0.1) is 0 Å². The van der Waals surface area contributed by atoms with E-state index in [9.17, 15) is 14.4 Å². The number of rotatable bonds is 3. The molecule has 2 aromatic rings. The number of hydrogen-bond acceptors (Lipinski definition) is 4. The van der Waals surface area contributed by atoms with E-state index in [1.807, 2.05) is 4.98 Å². The zero-order valence-electron chi connectivity index (χ0n) is 9.77. The van der Waals surface area contributed by atoms with Gasteiger partial charge in [-0.25, -0.2) is 4.79 Å². The van der Waals surface area contributed by atoms with Crippen molar-refractivity contribution in [2.24, 2.45) is 0 Å². The number of carbonyl (C=O) groups excluding carboxylic acids is 1. The molecule has 0 bridgehead atoms. The van der Waals surface area contributed by atoms with Gasteiger partial charge in [-0.1, -0.05) is 12.1 Å². The number of aliphatic hydroxyl groups excluding tert-OH is 1. The molecule has 0 fully saturated rings. The molecule has 0 atom stereocenters. The van der Waals surface area contributed by atoms with Gasteiger partial charge in [-0.3, -0.25) is 14.6 Å². The Morgan fingerprint density at radius 1 is 1.21 bits per heavy atom. The second-order valence-corrected chi connectivity index (χ2v) is 3.81. The van der Waals surface area contributed by atoms with Gasteiger partial charge in [0, 0.05) is 11.8 Å². The lowest BCUT2D eigenvalue weighted by atomic mass is 10.2. The SMILES string of the molecule is O=C(Nc1cccc(CO)c1)c1cc(=O)[nH]c(=O)[nH]1. The van der Waals surface area contributed by atoms with Gasteiger partial charge in [-0.15, -0.1) is 0 Å². The number of carbonyl (C=O) groups is 1. The van der Waals surface area contributed by atoms with E-state index in [-0.39, 0.29) is 12.3 Å². The molecule has 2 rings (SSSR count). The van der Waals surface area contributed by atoms with E-state index < -0.39 is 17.2 Å². The van der Waals surface area contributed by atoms with Gasteiger partial charge in [0.15, 0.2) is 0 Å². The Morgan fingerprint density at radius 2 is 2.00 bits per heavy atom. The molecule has 0 aliphatic rings. The molecule has 1 heterocycles. The van der Waals surface area contributed by atoms with Crippen LogP contribution in [0.2, 0.25) is 0 Å². The number of aliphatic hydroxyl groups is 1. The van der Waals surface area contributed by atoms with Crippen LogP contribution in [0.5, 0.6) is 0 Å². The minimum atomic E-state index is -0.748. The average molecular weight is 261 g/mol. The highest BCUT2D eigenvalue weighted by Crippen LogP contribution is 2.11. The van der Waals surface area contributed by atoms with E-state index in [4.69, 9.17) is 5.11 Å². The Morgan fingerprint density at radius 3 is 2.68 bits per heavy atom. The van der Waals surface area contributed by atoms with Crippen LogP contribution < -0.4 is 16.6 Å². The molecule has 0 unspecified atom stereocenters. The topological polar surface area (TPSA) is 115 Å². The number of anilines is 1. The molecular formula is C12H11N3O4. The van der Waals surface area contributed by atoms with Crippen LogP contribution in [-0.2, 0) is 6.61 Å². The molecule has 0 saturated carbocycles. The van der Waals surface area contributed by atoms with Crippen molar-refractivity contribution in [1.29, 1.82) is 0 Å². The molecular weight excluding hydrogens is 250 g/mol. The fraction of sp³-hybridized carbons (Fsp3) is 0.0833. The largest absolute Gasteiger partial charge is 0.392 e. The monoisotopic (exact) mass is 261 g/mol. The van der Waals surface area contributed by atoms with Crippen LogP contribution in [0.25, 0.3) is 0 Å². The van der Waals surface area contributed by atoms with E-state index in [0.717, 1.165) is 6.07 Å². The molecule has 1 amide bonds. The molecule has 7 nitrogen and oxygen atoms in total. The van der Waals surface area contributed by atoms with E-state index in [2.05, 4.69) is 10.3 Å². The molecule has 7 heteroatoms. The number of H-pyrrole nitrogens is 2. The van der Waals surface area contributed by atoms with Crippen LogP contribution in [0.3, 0.4) is 0 Å². The minimum Gasteiger partial charge on any atom is -0.392 e. The molecule has 19 heavy (non-hydrogen) atoms. The third-order valence-corrected chi connectivity index (χ3v) is 2.37. The summed E-state index contributed by atoms with van der Waals surface area (Å²) in [6.45, 7) is -0.147. The van der Waals surface area contributed by atoms with Crippen molar-refractivity contribution in [3.63, 3.8) is 0 Å². The van der Waals surface area contributed by atoms with Gasteiger partial charge < -0.3 is 15.4 Å². The van der Waals surface area contributed by atoms with E-state index in [0.29, 0.717) is 11.3 Å². The van der Waals surface area contributed by atoms with E-state index in [1.165, 1.54) is 0 Å². The van der Waals surface area contributed by atoms with Crippen LogP contribution >= 0.6 is 0 Å². The molecule has 0 spiro atoms. The summed E-state index contributed by atoms with van der Waals surface area (Å²) >= 11 is 0. The predicted molar refractivity (Wildman–Crippen MR) is 68.0 cm³/mol. The Labute approximate surface area is 106 Å². The predicted octanol–water partition coefficient (Wildman–Crippen LogP) is -0.192. The summed E-state index contributed by atoms with van der Waals surface area (Å²) in [5, 5.41) is 11.5. The number of aromatic amines is 2. The fourth-order valence-electron chi connectivity index (χ4n) is 1.54. The van der Waals surface area contributed by atoms with Crippen molar-refractivity contribution >= 4 is 11.6 Å². The Kier molecular flexibility index (Phi) is 3.58. The Hall–Kier alpha value is -2.67. The summed E-state index contributed by atoms with van der Waals surface area (Å²) < 4.78 is 0. The highest BCUT2D eigenvalue weighted by Gasteiger charge is 2.08. The Bertz CT molecular complexity index is 689. The van der Waals surface area contributed by atoms with Crippen molar-refractivity contribution in [1.82, 2.24) is 9.97 Å². The van der Waals surface area contributed by atoms with Crippen LogP contribution in [0.15, 0.2) is 39.9 Å². The zero-order valence-corrected chi connectivity index (χ0v) is 9.77. The van der Waals surface area contributed by atoms with Gasteiger partial charge in [0.1, 0.15) is 5.69 Å². The average Bonchev–Trinajstić information content (AvgIpc) is 2.37. The molecule has 4 N–H and O–H groups in total. The van der Waals surface area contributed by atoms with E-state index in [1.54, 1.807) is 24.3 Å². The van der Waals surface area contributed by atoms with Crippen molar-refractivity contribution in [3.05, 3.63) is 62.4 Å². The summed E-state index contributed by atoms with van der Waals surface area (Å²) in [7, 11) is 0.